The molecule has 72 valence electrons. The zero-order valence-corrected chi connectivity index (χ0v) is 8.51. The highest BCUT2D eigenvalue weighted by atomic mass is 16.5. The Kier molecular flexibility index (Phi) is 4.67. The average molecular weight is 170 g/mol. The fraction of sp³-hybridized carbons (Fsp3) is 1.00. The van der Waals surface area contributed by atoms with Crippen LogP contribution in [0.5, 0.6) is 0 Å². The van der Waals surface area contributed by atoms with Gasteiger partial charge in [0, 0.05) is 6.61 Å². The first kappa shape index (κ1) is 10.0. The van der Waals surface area contributed by atoms with Gasteiger partial charge in [0.15, 0.2) is 0 Å². The molecule has 0 aromatic heterocycles. The van der Waals surface area contributed by atoms with Crippen molar-refractivity contribution in [3.05, 3.63) is 0 Å². The summed E-state index contributed by atoms with van der Waals surface area (Å²) in [5, 5.41) is 0. The third kappa shape index (κ3) is 3.57. The molecule has 1 fully saturated rings. The van der Waals surface area contributed by atoms with Crippen molar-refractivity contribution in [2.24, 2.45) is 5.92 Å². The van der Waals surface area contributed by atoms with Gasteiger partial charge in [0.1, 0.15) is 0 Å². The number of rotatable bonds is 4. The highest BCUT2D eigenvalue weighted by Gasteiger charge is 2.14. The van der Waals surface area contributed by atoms with E-state index in [1.54, 1.807) is 0 Å². The van der Waals surface area contributed by atoms with Gasteiger partial charge in [-0.25, -0.2) is 0 Å². The quantitative estimate of drug-likeness (QED) is 0.628. The summed E-state index contributed by atoms with van der Waals surface area (Å²) in [5.74, 6) is 0.743. The zero-order chi connectivity index (χ0) is 8.81. The Morgan fingerprint density at radius 1 is 1.25 bits per heavy atom. The first-order valence-electron chi connectivity index (χ1n) is 5.44. The van der Waals surface area contributed by atoms with Crippen molar-refractivity contribution < 1.29 is 4.74 Å². The van der Waals surface area contributed by atoms with Crippen LogP contribution in [0.4, 0.5) is 0 Å². The van der Waals surface area contributed by atoms with E-state index in [1.807, 2.05) is 0 Å². The monoisotopic (exact) mass is 170 g/mol. The Balaban J connectivity index is 2.05. The summed E-state index contributed by atoms with van der Waals surface area (Å²) in [6.45, 7) is 5.47. The van der Waals surface area contributed by atoms with Gasteiger partial charge in [0.2, 0.25) is 0 Å². The van der Waals surface area contributed by atoms with Crippen molar-refractivity contribution in [2.75, 3.05) is 6.61 Å². The molecule has 12 heavy (non-hydrogen) atoms. The third-order valence-electron chi connectivity index (χ3n) is 2.87. The zero-order valence-electron chi connectivity index (χ0n) is 8.51. The van der Waals surface area contributed by atoms with Gasteiger partial charge >= 0.3 is 0 Å². The number of hydrogen-bond donors (Lipinski definition) is 0. The Hall–Kier alpha value is -0.0400. The van der Waals surface area contributed by atoms with Gasteiger partial charge in [-0.05, 0) is 18.8 Å². The van der Waals surface area contributed by atoms with E-state index >= 15 is 0 Å². The molecule has 0 heterocycles. The van der Waals surface area contributed by atoms with Crippen LogP contribution in [-0.2, 0) is 4.74 Å². The molecule has 1 nitrogen and oxygen atoms in total. The van der Waals surface area contributed by atoms with Crippen molar-refractivity contribution >= 4 is 0 Å². The second kappa shape index (κ2) is 5.58. The van der Waals surface area contributed by atoms with Crippen LogP contribution in [0.25, 0.3) is 0 Å². The topological polar surface area (TPSA) is 9.23 Å². The van der Waals surface area contributed by atoms with Crippen molar-refractivity contribution in [1.82, 2.24) is 0 Å². The standard InChI is InChI=1S/C11H22O/c1-3-10(2)9-12-11-7-5-4-6-8-11/h10-11H,3-9H2,1-2H3. The third-order valence-corrected chi connectivity index (χ3v) is 2.87. The largest absolute Gasteiger partial charge is 0.378 e. The maximum atomic E-state index is 5.84. The van der Waals surface area contributed by atoms with Crippen LogP contribution in [0.2, 0.25) is 0 Å². The summed E-state index contributed by atoms with van der Waals surface area (Å²) in [6, 6.07) is 0. The molecule has 0 N–H and O–H groups in total. The van der Waals surface area contributed by atoms with Crippen LogP contribution >= 0.6 is 0 Å². The highest BCUT2D eigenvalue weighted by molar-refractivity contribution is 4.65. The lowest BCUT2D eigenvalue weighted by atomic mass is 9.97. The molecule has 1 saturated carbocycles. The van der Waals surface area contributed by atoms with Gasteiger partial charge in [0.25, 0.3) is 0 Å². The van der Waals surface area contributed by atoms with Crippen LogP contribution in [0.1, 0.15) is 52.4 Å². The molecule has 0 saturated heterocycles. The molecule has 0 spiro atoms. The minimum atomic E-state index is 0.591. The van der Waals surface area contributed by atoms with Crippen LogP contribution in [-0.4, -0.2) is 12.7 Å². The molecular formula is C11H22O. The SMILES string of the molecule is CCC(C)COC1CCCCC1. The normalized spacial score (nSPS) is 22.5. The molecule has 1 aliphatic carbocycles. The fourth-order valence-electron chi connectivity index (χ4n) is 1.65. The van der Waals surface area contributed by atoms with E-state index < -0.39 is 0 Å². The van der Waals surface area contributed by atoms with E-state index in [1.165, 1.54) is 38.5 Å². The van der Waals surface area contributed by atoms with Gasteiger partial charge in [-0.15, -0.1) is 0 Å². The minimum Gasteiger partial charge on any atom is -0.378 e. The molecule has 1 heteroatoms. The van der Waals surface area contributed by atoms with Gasteiger partial charge in [0.05, 0.1) is 6.10 Å². The second-order valence-electron chi connectivity index (χ2n) is 4.11. The Morgan fingerprint density at radius 3 is 2.50 bits per heavy atom. The van der Waals surface area contributed by atoms with Crippen molar-refractivity contribution in [1.29, 1.82) is 0 Å². The number of hydrogen-bond acceptors (Lipinski definition) is 1. The van der Waals surface area contributed by atoms with Crippen LogP contribution in [0.15, 0.2) is 0 Å². The van der Waals surface area contributed by atoms with Gasteiger partial charge < -0.3 is 4.74 Å². The van der Waals surface area contributed by atoms with Gasteiger partial charge in [-0.2, -0.15) is 0 Å². The molecule has 0 bridgehead atoms. The fourth-order valence-corrected chi connectivity index (χ4v) is 1.65. The molecule has 1 atom stereocenters. The summed E-state index contributed by atoms with van der Waals surface area (Å²) in [6.07, 6.45) is 8.62. The average Bonchev–Trinajstić information content (AvgIpc) is 2.16. The first-order chi connectivity index (χ1) is 5.83. The van der Waals surface area contributed by atoms with E-state index in [-0.39, 0.29) is 0 Å². The lowest BCUT2D eigenvalue weighted by Gasteiger charge is -2.23. The molecule has 0 aromatic rings. The Labute approximate surface area is 76.5 Å². The van der Waals surface area contributed by atoms with Gasteiger partial charge in [-0.3, -0.25) is 0 Å². The summed E-state index contributed by atoms with van der Waals surface area (Å²) < 4.78 is 5.84. The smallest absolute Gasteiger partial charge is 0.0575 e. The predicted molar refractivity (Wildman–Crippen MR) is 52.3 cm³/mol. The second-order valence-corrected chi connectivity index (χ2v) is 4.11. The van der Waals surface area contributed by atoms with Crippen LogP contribution in [0.3, 0.4) is 0 Å². The molecule has 0 aromatic carbocycles. The molecule has 1 aliphatic rings. The summed E-state index contributed by atoms with van der Waals surface area (Å²) in [7, 11) is 0. The summed E-state index contributed by atoms with van der Waals surface area (Å²) >= 11 is 0. The van der Waals surface area contributed by atoms with E-state index in [0.717, 1.165) is 12.5 Å². The lowest BCUT2D eigenvalue weighted by Crippen LogP contribution is -2.19. The van der Waals surface area contributed by atoms with E-state index in [9.17, 15) is 0 Å². The Morgan fingerprint density at radius 2 is 1.92 bits per heavy atom. The molecule has 0 amide bonds. The molecule has 0 radical (unpaired) electrons. The maximum Gasteiger partial charge on any atom is 0.0575 e. The number of ether oxygens (including phenoxy) is 1. The van der Waals surface area contributed by atoms with E-state index in [0.29, 0.717) is 6.10 Å². The highest BCUT2D eigenvalue weighted by Crippen LogP contribution is 2.20. The lowest BCUT2D eigenvalue weighted by molar-refractivity contribution is 0.0103. The first-order valence-corrected chi connectivity index (χ1v) is 5.44. The Bertz CT molecular complexity index is 106. The molecule has 1 rings (SSSR count). The molecule has 0 aliphatic heterocycles. The van der Waals surface area contributed by atoms with E-state index in [4.69, 9.17) is 4.74 Å². The molecule has 1 unspecified atom stereocenters. The van der Waals surface area contributed by atoms with Gasteiger partial charge in [-0.1, -0.05) is 39.5 Å². The van der Waals surface area contributed by atoms with Crippen LogP contribution in [0, 0.1) is 5.92 Å². The van der Waals surface area contributed by atoms with Crippen molar-refractivity contribution in [3.8, 4) is 0 Å². The van der Waals surface area contributed by atoms with Crippen molar-refractivity contribution in [2.45, 2.75) is 58.5 Å². The summed E-state index contributed by atoms with van der Waals surface area (Å²) in [5.41, 5.74) is 0. The maximum absolute atomic E-state index is 5.84. The predicted octanol–water partition coefficient (Wildman–Crippen LogP) is 3.38. The molecular weight excluding hydrogens is 148 g/mol. The van der Waals surface area contributed by atoms with Crippen molar-refractivity contribution in [3.63, 3.8) is 0 Å². The minimum absolute atomic E-state index is 0.591. The van der Waals surface area contributed by atoms with Crippen LogP contribution < -0.4 is 0 Å². The summed E-state index contributed by atoms with van der Waals surface area (Å²) in [4.78, 5) is 0. The van der Waals surface area contributed by atoms with E-state index in [2.05, 4.69) is 13.8 Å².